The fourth-order valence-corrected chi connectivity index (χ4v) is 8.47. The smallest absolute Gasteiger partial charge is 0.264 e. The van der Waals surface area contributed by atoms with Gasteiger partial charge < -0.3 is 19.7 Å². The van der Waals surface area contributed by atoms with Gasteiger partial charge in [-0.2, -0.15) is 0 Å². The monoisotopic (exact) mass is 727 g/mol. The number of thioether (sulfide) groups is 1. The first kappa shape index (κ1) is 29.9. The van der Waals surface area contributed by atoms with Crippen LogP contribution in [0.15, 0.2) is 94.8 Å². The number of nitrogens with one attached hydrogen (secondary N) is 1. The van der Waals surface area contributed by atoms with E-state index < -0.39 is 0 Å². The van der Waals surface area contributed by atoms with Gasteiger partial charge in [0, 0.05) is 30.6 Å². The number of carbonyl (C=O) groups excluding carboxylic acids is 1. The molecule has 0 spiro atoms. The zero-order valence-electron chi connectivity index (χ0n) is 25.3. The molecule has 0 bridgehead atoms. The van der Waals surface area contributed by atoms with E-state index in [1.807, 2.05) is 25.1 Å². The van der Waals surface area contributed by atoms with Gasteiger partial charge in [0.25, 0.3) is 5.91 Å². The second-order valence-electron chi connectivity index (χ2n) is 11.4. The Hall–Kier alpha value is -3.76. The van der Waals surface area contributed by atoms with Crippen molar-refractivity contribution in [3.05, 3.63) is 121 Å². The molecule has 0 saturated carbocycles. The van der Waals surface area contributed by atoms with Gasteiger partial charge in [-0.15, -0.1) is 0 Å². The summed E-state index contributed by atoms with van der Waals surface area (Å²) in [5, 5.41) is 3.60. The Morgan fingerprint density at radius 1 is 0.956 bits per heavy atom. The number of ether oxygens (including phenoxy) is 2. The molecule has 0 aliphatic carbocycles. The maximum Gasteiger partial charge on any atom is 0.264 e. The largest absolute Gasteiger partial charge is 0.492 e. The number of rotatable bonds is 7. The van der Waals surface area contributed by atoms with Crippen molar-refractivity contribution in [2.45, 2.75) is 31.6 Å². The summed E-state index contributed by atoms with van der Waals surface area (Å²) in [6, 6.07) is 30.0. The molecule has 3 aliphatic heterocycles. The van der Waals surface area contributed by atoms with E-state index in [9.17, 15) is 4.79 Å². The van der Waals surface area contributed by atoms with Gasteiger partial charge in [-0.25, -0.2) is 4.99 Å². The van der Waals surface area contributed by atoms with Crippen molar-refractivity contribution in [1.29, 1.82) is 0 Å². The minimum absolute atomic E-state index is 0.155. The summed E-state index contributed by atoms with van der Waals surface area (Å²) in [5.41, 5.74) is 8.42. The van der Waals surface area contributed by atoms with Crippen molar-refractivity contribution in [3.8, 4) is 11.5 Å². The zero-order chi connectivity index (χ0) is 30.9. The molecule has 3 aliphatic rings. The highest BCUT2D eigenvalue weighted by Crippen LogP contribution is 2.50. The Morgan fingerprint density at radius 3 is 2.16 bits per heavy atom. The van der Waals surface area contributed by atoms with Crippen molar-refractivity contribution in [2.75, 3.05) is 31.7 Å². The quantitative estimate of drug-likeness (QED) is 0.153. The molecule has 0 unspecified atom stereocenters. The van der Waals surface area contributed by atoms with E-state index in [2.05, 4.69) is 106 Å². The summed E-state index contributed by atoms with van der Waals surface area (Å²) in [4.78, 5) is 21.4. The molecule has 1 N–H and O–H groups in total. The van der Waals surface area contributed by atoms with Gasteiger partial charge >= 0.3 is 0 Å². The summed E-state index contributed by atoms with van der Waals surface area (Å²) >= 11 is 3.60. The second-order valence-corrected chi connectivity index (χ2v) is 13.6. The third-order valence-corrected chi connectivity index (χ3v) is 10.4. The Bertz CT molecular complexity index is 1740. The van der Waals surface area contributed by atoms with Crippen LogP contribution in [0.5, 0.6) is 11.5 Å². The van der Waals surface area contributed by atoms with Crippen LogP contribution in [-0.2, 0) is 4.79 Å². The first-order valence-electron chi connectivity index (χ1n) is 15.3. The Balaban J connectivity index is 1.28. The summed E-state index contributed by atoms with van der Waals surface area (Å²) < 4.78 is 12.3. The Labute approximate surface area is 282 Å². The average Bonchev–Trinajstić information content (AvgIpc) is 3.39. The molecule has 8 heteroatoms. The fraction of sp³-hybridized carbons (Fsp3) is 0.243. The molecule has 1 saturated heterocycles. The molecule has 1 amide bonds. The highest BCUT2D eigenvalue weighted by atomic mass is 127. The summed E-state index contributed by atoms with van der Waals surface area (Å²) in [6.07, 6.45) is 4.02. The highest BCUT2D eigenvalue weighted by molar-refractivity contribution is 14.1. The topological polar surface area (TPSA) is 63.2 Å². The number of halogens is 1. The van der Waals surface area contributed by atoms with Crippen molar-refractivity contribution in [3.63, 3.8) is 0 Å². The first-order valence-corrected chi connectivity index (χ1v) is 17.2. The number of hydrogen-bond donors (Lipinski definition) is 1. The minimum atomic E-state index is -0.155. The SMILES string of the molecule is CCOc1cc(/C=C2\SC(=Nc3cc4c5c(c3)[C@H](c3ccccc3)CCN5CC[C@H]4c3ccccc3)NC2=O)cc(I)c1OC. The maximum atomic E-state index is 13.1. The van der Waals surface area contributed by atoms with E-state index in [4.69, 9.17) is 14.5 Å². The molecule has 6 nitrogen and oxygen atoms in total. The van der Waals surface area contributed by atoms with Gasteiger partial charge in [-0.05, 0) is 112 Å². The number of benzene rings is 4. The van der Waals surface area contributed by atoms with Crippen LogP contribution in [0.25, 0.3) is 6.08 Å². The van der Waals surface area contributed by atoms with Crippen LogP contribution >= 0.6 is 34.4 Å². The van der Waals surface area contributed by atoms with Crippen molar-refractivity contribution < 1.29 is 14.3 Å². The van der Waals surface area contributed by atoms with Crippen LogP contribution in [-0.4, -0.2) is 37.9 Å². The molecular weight excluding hydrogens is 693 g/mol. The molecule has 4 aromatic carbocycles. The molecular formula is C37H34IN3O3S. The molecule has 0 radical (unpaired) electrons. The van der Waals surface area contributed by atoms with Crippen LogP contribution in [0.1, 0.15) is 59.4 Å². The molecule has 45 heavy (non-hydrogen) atoms. The maximum absolute atomic E-state index is 13.1. The highest BCUT2D eigenvalue weighted by Gasteiger charge is 2.35. The Morgan fingerprint density at radius 2 is 1.58 bits per heavy atom. The van der Waals surface area contributed by atoms with Crippen LogP contribution in [0, 0.1) is 3.57 Å². The molecule has 7 rings (SSSR count). The van der Waals surface area contributed by atoms with Gasteiger partial charge in [0.1, 0.15) is 0 Å². The number of methoxy groups -OCH3 is 1. The van der Waals surface area contributed by atoms with E-state index in [0.717, 1.165) is 40.8 Å². The lowest BCUT2D eigenvalue weighted by Crippen LogP contribution is -2.37. The number of aliphatic imine (C=N–C) groups is 1. The standard InChI is InChI=1S/C37H34IN3O3S/c1-3-44-32-19-23(18-31(38)35(32)43-2)20-33-36(42)40-37(45-33)39-26-21-29-27(24-10-6-4-7-11-24)14-16-41-17-15-28(30(22-26)34(29)41)25-12-8-5-9-13-25/h4-13,18-22,27-28H,3,14-17H2,1-2H3,(H,39,40,42)/b33-20-/t27-,28-/m0/s1. The number of carbonyl (C=O) groups is 1. The molecule has 0 aromatic heterocycles. The second kappa shape index (κ2) is 12.9. The van der Waals surface area contributed by atoms with Gasteiger partial charge in [0.15, 0.2) is 16.7 Å². The fourth-order valence-electron chi connectivity index (χ4n) is 6.79. The number of amides is 1. The number of amidine groups is 1. The van der Waals surface area contributed by atoms with E-state index in [0.29, 0.717) is 40.0 Å². The summed E-state index contributed by atoms with van der Waals surface area (Å²) in [6.45, 7) is 4.56. The third-order valence-electron chi connectivity index (χ3n) is 8.72. The number of nitrogens with zero attached hydrogens (tertiary/aromatic N) is 2. The van der Waals surface area contributed by atoms with Gasteiger partial charge in [-0.3, -0.25) is 4.79 Å². The van der Waals surface area contributed by atoms with Crippen LogP contribution in [0.4, 0.5) is 11.4 Å². The molecule has 4 aromatic rings. The normalized spacial score (nSPS) is 20.7. The van der Waals surface area contributed by atoms with Gasteiger partial charge in [0.05, 0.1) is 27.9 Å². The lowest BCUT2D eigenvalue weighted by Gasteiger charge is -2.43. The zero-order valence-corrected chi connectivity index (χ0v) is 28.2. The van der Waals surface area contributed by atoms with Crippen LogP contribution in [0.3, 0.4) is 0 Å². The van der Waals surface area contributed by atoms with E-state index in [-0.39, 0.29) is 5.91 Å². The van der Waals surface area contributed by atoms with Gasteiger partial charge in [0.2, 0.25) is 0 Å². The lowest BCUT2D eigenvalue weighted by molar-refractivity contribution is -0.115. The van der Waals surface area contributed by atoms with Crippen molar-refractivity contribution in [2.24, 2.45) is 4.99 Å². The van der Waals surface area contributed by atoms with E-state index in [1.54, 1.807) is 7.11 Å². The molecule has 228 valence electrons. The van der Waals surface area contributed by atoms with E-state index in [1.165, 1.54) is 39.7 Å². The average molecular weight is 728 g/mol. The van der Waals surface area contributed by atoms with Crippen molar-refractivity contribution in [1.82, 2.24) is 5.32 Å². The lowest BCUT2D eigenvalue weighted by atomic mass is 9.76. The molecule has 2 atom stereocenters. The molecule has 3 heterocycles. The summed E-state index contributed by atoms with van der Waals surface area (Å²) in [5.74, 6) is 1.79. The number of anilines is 1. The first-order chi connectivity index (χ1) is 22.0. The van der Waals surface area contributed by atoms with Crippen molar-refractivity contribution >= 4 is 62.9 Å². The predicted octanol–water partition coefficient (Wildman–Crippen LogP) is 8.47. The van der Waals surface area contributed by atoms with Crippen LogP contribution < -0.4 is 19.7 Å². The molecule has 1 fully saturated rings. The van der Waals surface area contributed by atoms with E-state index >= 15 is 0 Å². The Kier molecular flexibility index (Phi) is 8.59. The minimum Gasteiger partial charge on any atom is -0.492 e. The third kappa shape index (κ3) is 5.97. The number of hydrogen-bond acceptors (Lipinski definition) is 6. The predicted molar refractivity (Wildman–Crippen MR) is 192 cm³/mol. The van der Waals surface area contributed by atoms with Crippen LogP contribution in [0.2, 0.25) is 0 Å². The van der Waals surface area contributed by atoms with Gasteiger partial charge in [-0.1, -0.05) is 60.7 Å². The summed E-state index contributed by atoms with van der Waals surface area (Å²) in [7, 11) is 1.64.